The normalized spacial score (nSPS) is 15.7. The molecule has 0 unspecified atom stereocenters. The van der Waals surface area contributed by atoms with Crippen LogP contribution in [0.2, 0.25) is 0 Å². The molecule has 2 N–H and O–H groups in total. The molecule has 0 fully saturated rings. The van der Waals surface area contributed by atoms with E-state index in [2.05, 4.69) is 42.7 Å². The molecule has 0 spiro atoms. The van der Waals surface area contributed by atoms with E-state index in [1.807, 2.05) is 13.8 Å². The predicted molar refractivity (Wildman–Crippen MR) is 84.5 cm³/mol. The molecule has 2 rings (SSSR count). The van der Waals surface area contributed by atoms with Gasteiger partial charge in [0.05, 0.1) is 0 Å². The summed E-state index contributed by atoms with van der Waals surface area (Å²) in [6.07, 6.45) is 1.45. The van der Waals surface area contributed by atoms with Gasteiger partial charge >= 0.3 is 0 Å². The Labute approximate surface area is 127 Å². The van der Waals surface area contributed by atoms with Gasteiger partial charge in [0.2, 0.25) is 5.91 Å². The zero-order chi connectivity index (χ0) is 15.5. The fourth-order valence-corrected chi connectivity index (χ4v) is 2.64. The summed E-state index contributed by atoms with van der Waals surface area (Å²) < 4.78 is 6.04. The smallest absolute Gasteiger partial charge is 0.221 e. The van der Waals surface area contributed by atoms with Gasteiger partial charge in [0.25, 0.3) is 0 Å². The maximum atomic E-state index is 11.6. The van der Waals surface area contributed by atoms with Gasteiger partial charge in [0.15, 0.2) is 0 Å². The Morgan fingerprint density at radius 1 is 1.38 bits per heavy atom. The van der Waals surface area contributed by atoms with Crippen molar-refractivity contribution in [3.05, 3.63) is 29.3 Å². The molecule has 0 atom stereocenters. The highest BCUT2D eigenvalue weighted by Crippen LogP contribution is 2.37. The number of carbonyl (C=O) groups is 1. The quantitative estimate of drug-likeness (QED) is 0.791. The van der Waals surface area contributed by atoms with Crippen molar-refractivity contribution < 1.29 is 9.53 Å². The van der Waals surface area contributed by atoms with E-state index in [1.165, 1.54) is 11.1 Å². The molecule has 0 bridgehead atoms. The summed E-state index contributed by atoms with van der Waals surface area (Å²) in [6, 6.07) is 6.49. The Balaban J connectivity index is 1.83. The van der Waals surface area contributed by atoms with Gasteiger partial charge in [-0.2, -0.15) is 0 Å². The molecule has 1 heterocycles. The molecule has 0 aliphatic carbocycles. The van der Waals surface area contributed by atoms with Gasteiger partial charge in [-0.05, 0) is 33.3 Å². The van der Waals surface area contributed by atoms with E-state index in [0.717, 1.165) is 18.7 Å². The third-order valence-corrected chi connectivity index (χ3v) is 3.47. The summed E-state index contributed by atoms with van der Waals surface area (Å²) in [4.78, 5) is 11.6. The van der Waals surface area contributed by atoms with Gasteiger partial charge in [-0.15, -0.1) is 0 Å². The molecule has 0 radical (unpaired) electrons. The van der Waals surface area contributed by atoms with Crippen LogP contribution in [0, 0.1) is 0 Å². The third-order valence-electron chi connectivity index (χ3n) is 3.47. The minimum atomic E-state index is -0.115. The Bertz CT molecular complexity index is 510. The van der Waals surface area contributed by atoms with E-state index >= 15 is 0 Å². The van der Waals surface area contributed by atoms with E-state index in [1.54, 1.807) is 0 Å². The standard InChI is InChI=1S/C17H26N2O2/c1-12(2)19-15(20)8-9-18-11-14-7-5-6-13-10-17(3,4)21-16(13)14/h5-7,12,18H,8-11H2,1-4H3,(H,19,20). The maximum absolute atomic E-state index is 11.6. The van der Waals surface area contributed by atoms with Crippen LogP contribution in [-0.2, 0) is 17.8 Å². The van der Waals surface area contributed by atoms with Gasteiger partial charge in [-0.25, -0.2) is 0 Å². The van der Waals surface area contributed by atoms with Crippen LogP contribution in [0.25, 0.3) is 0 Å². The van der Waals surface area contributed by atoms with E-state index < -0.39 is 0 Å². The second-order valence-corrected chi connectivity index (χ2v) is 6.59. The van der Waals surface area contributed by atoms with Gasteiger partial charge in [0.1, 0.15) is 11.4 Å². The van der Waals surface area contributed by atoms with Crippen molar-refractivity contribution in [1.82, 2.24) is 10.6 Å². The Morgan fingerprint density at radius 2 is 2.14 bits per heavy atom. The first-order valence-corrected chi connectivity index (χ1v) is 7.67. The average Bonchev–Trinajstić information content (AvgIpc) is 2.68. The Hall–Kier alpha value is -1.55. The molecule has 4 heteroatoms. The van der Waals surface area contributed by atoms with Crippen molar-refractivity contribution in [1.29, 1.82) is 0 Å². The molecule has 4 nitrogen and oxygen atoms in total. The summed E-state index contributed by atoms with van der Waals surface area (Å²) in [5, 5.41) is 6.21. The number of carbonyl (C=O) groups excluding carboxylic acids is 1. The van der Waals surface area contributed by atoms with Crippen LogP contribution in [0.15, 0.2) is 18.2 Å². The lowest BCUT2D eigenvalue weighted by Crippen LogP contribution is -2.32. The third kappa shape index (κ3) is 4.46. The summed E-state index contributed by atoms with van der Waals surface area (Å²) in [5.74, 6) is 1.11. The SMILES string of the molecule is CC(C)NC(=O)CCNCc1cccc2c1OC(C)(C)C2. The monoisotopic (exact) mass is 290 g/mol. The topological polar surface area (TPSA) is 50.4 Å². The fraction of sp³-hybridized carbons (Fsp3) is 0.588. The molecule has 0 aromatic heterocycles. The molecule has 1 aliphatic rings. The minimum absolute atomic E-state index is 0.0909. The lowest BCUT2D eigenvalue weighted by Gasteiger charge is -2.18. The Morgan fingerprint density at radius 3 is 2.86 bits per heavy atom. The highest BCUT2D eigenvalue weighted by Gasteiger charge is 2.31. The van der Waals surface area contributed by atoms with Crippen LogP contribution in [0.5, 0.6) is 5.75 Å². The van der Waals surface area contributed by atoms with Gasteiger partial charge in [-0.1, -0.05) is 18.2 Å². The molecule has 21 heavy (non-hydrogen) atoms. The molecule has 0 saturated carbocycles. The van der Waals surface area contributed by atoms with Crippen molar-refractivity contribution in [2.24, 2.45) is 0 Å². The fourth-order valence-electron chi connectivity index (χ4n) is 2.64. The zero-order valence-corrected chi connectivity index (χ0v) is 13.5. The summed E-state index contributed by atoms with van der Waals surface area (Å²) in [7, 11) is 0. The lowest BCUT2D eigenvalue weighted by molar-refractivity contribution is -0.121. The summed E-state index contributed by atoms with van der Waals surface area (Å²) in [5.41, 5.74) is 2.33. The molecule has 1 aromatic carbocycles. The first-order chi connectivity index (χ1) is 9.87. The second-order valence-electron chi connectivity index (χ2n) is 6.59. The van der Waals surface area contributed by atoms with E-state index in [4.69, 9.17) is 4.74 Å². The second kappa shape index (κ2) is 6.48. The van der Waals surface area contributed by atoms with Crippen LogP contribution < -0.4 is 15.4 Å². The first-order valence-electron chi connectivity index (χ1n) is 7.67. The Kier molecular flexibility index (Phi) is 4.88. The maximum Gasteiger partial charge on any atom is 0.221 e. The van der Waals surface area contributed by atoms with Crippen molar-refractivity contribution in [3.63, 3.8) is 0 Å². The molecular formula is C17H26N2O2. The van der Waals surface area contributed by atoms with Crippen LogP contribution in [0.4, 0.5) is 0 Å². The first kappa shape index (κ1) is 15.8. The van der Waals surface area contributed by atoms with Crippen molar-refractivity contribution >= 4 is 5.91 Å². The number of hydrogen-bond acceptors (Lipinski definition) is 3. The van der Waals surface area contributed by atoms with Crippen molar-refractivity contribution in [3.8, 4) is 5.75 Å². The van der Waals surface area contributed by atoms with E-state index in [9.17, 15) is 4.79 Å². The van der Waals surface area contributed by atoms with Gasteiger partial charge < -0.3 is 15.4 Å². The lowest BCUT2D eigenvalue weighted by atomic mass is 10.0. The molecule has 0 saturated heterocycles. The zero-order valence-electron chi connectivity index (χ0n) is 13.5. The van der Waals surface area contributed by atoms with Crippen LogP contribution in [0.1, 0.15) is 45.2 Å². The highest BCUT2D eigenvalue weighted by molar-refractivity contribution is 5.76. The van der Waals surface area contributed by atoms with Crippen LogP contribution in [-0.4, -0.2) is 24.1 Å². The van der Waals surface area contributed by atoms with Crippen LogP contribution in [0.3, 0.4) is 0 Å². The number of benzene rings is 1. The molecule has 1 amide bonds. The number of fused-ring (bicyclic) bond motifs is 1. The van der Waals surface area contributed by atoms with E-state index in [0.29, 0.717) is 13.0 Å². The molecular weight excluding hydrogens is 264 g/mol. The number of para-hydroxylation sites is 1. The largest absolute Gasteiger partial charge is 0.487 e. The van der Waals surface area contributed by atoms with Gasteiger partial charge in [0, 0.05) is 37.5 Å². The predicted octanol–water partition coefficient (Wildman–Crippen LogP) is 2.40. The van der Waals surface area contributed by atoms with E-state index in [-0.39, 0.29) is 17.6 Å². The molecule has 1 aromatic rings. The number of ether oxygens (including phenoxy) is 1. The summed E-state index contributed by atoms with van der Waals surface area (Å²) in [6.45, 7) is 9.57. The number of rotatable bonds is 6. The molecule has 116 valence electrons. The number of nitrogens with one attached hydrogen (secondary N) is 2. The average molecular weight is 290 g/mol. The minimum Gasteiger partial charge on any atom is -0.487 e. The number of amides is 1. The van der Waals surface area contributed by atoms with Crippen LogP contribution >= 0.6 is 0 Å². The highest BCUT2D eigenvalue weighted by atomic mass is 16.5. The van der Waals surface area contributed by atoms with Crippen molar-refractivity contribution in [2.75, 3.05) is 6.54 Å². The van der Waals surface area contributed by atoms with Gasteiger partial charge in [-0.3, -0.25) is 4.79 Å². The van der Waals surface area contributed by atoms with Crippen molar-refractivity contribution in [2.45, 2.75) is 58.7 Å². The molecule has 1 aliphatic heterocycles. The number of hydrogen-bond donors (Lipinski definition) is 2. The summed E-state index contributed by atoms with van der Waals surface area (Å²) >= 11 is 0.